The molecule has 1 atom stereocenters. The van der Waals surface area contributed by atoms with E-state index in [0.29, 0.717) is 24.5 Å². The Hall–Kier alpha value is -2.77. The van der Waals surface area contributed by atoms with Crippen LogP contribution in [0.25, 0.3) is 0 Å². The summed E-state index contributed by atoms with van der Waals surface area (Å²) in [6.45, 7) is 2.48. The second kappa shape index (κ2) is 6.77. The molecule has 0 aliphatic carbocycles. The van der Waals surface area contributed by atoms with Crippen molar-refractivity contribution in [2.24, 2.45) is 7.05 Å². The first-order valence-electron chi connectivity index (χ1n) is 7.90. The Bertz CT molecular complexity index is 757. The zero-order valence-electron chi connectivity index (χ0n) is 13.8. The van der Waals surface area contributed by atoms with Crippen molar-refractivity contribution in [1.82, 2.24) is 30.0 Å². The predicted molar refractivity (Wildman–Crippen MR) is 85.8 cm³/mol. The van der Waals surface area contributed by atoms with Gasteiger partial charge in [-0.05, 0) is 18.9 Å². The number of carbonyl (C=O) groups excluding carboxylic acids is 2. The van der Waals surface area contributed by atoms with Crippen LogP contribution in [0.4, 0.5) is 0 Å². The molecule has 0 radical (unpaired) electrons. The normalized spacial score (nSPS) is 17.1. The molecule has 0 spiro atoms. The molecule has 24 heavy (non-hydrogen) atoms. The highest BCUT2D eigenvalue weighted by Gasteiger charge is 2.32. The SMILES string of the molecule is CC(=O)NCc1cncc([C@H]2CCCN2C(=O)c2ccnn2C)n1. The lowest BCUT2D eigenvalue weighted by atomic mass is 10.1. The van der Waals surface area contributed by atoms with Gasteiger partial charge in [-0.3, -0.25) is 24.2 Å². The molecular weight excluding hydrogens is 308 g/mol. The van der Waals surface area contributed by atoms with Crippen LogP contribution in [0.15, 0.2) is 24.7 Å². The van der Waals surface area contributed by atoms with E-state index in [1.807, 2.05) is 4.90 Å². The van der Waals surface area contributed by atoms with E-state index in [-0.39, 0.29) is 17.9 Å². The average Bonchev–Trinajstić information content (AvgIpc) is 3.21. The molecule has 3 rings (SSSR count). The second-order valence-electron chi connectivity index (χ2n) is 5.84. The average molecular weight is 328 g/mol. The van der Waals surface area contributed by atoms with E-state index in [1.165, 1.54) is 6.92 Å². The summed E-state index contributed by atoms with van der Waals surface area (Å²) in [5.74, 6) is -0.164. The van der Waals surface area contributed by atoms with E-state index in [1.54, 1.807) is 36.4 Å². The summed E-state index contributed by atoms with van der Waals surface area (Å²) < 4.78 is 1.58. The molecule has 3 heterocycles. The molecule has 8 heteroatoms. The Labute approximate surface area is 139 Å². The zero-order chi connectivity index (χ0) is 17.1. The van der Waals surface area contributed by atoms with Gasteiger partial charge in [-0.25, -0.2) is 0 Å². The lowest BCUT2D eigenvalue weighted by Gasteiger charge is -2.24. The Morgan fingerprint density at radius 2 is 2.21 bits per heavy atom. The van der Waals surface area contributed by atoms with E-state index < -0.39 is 0 Å². The maximum absolute atomic E-state index is 12.8. The first-order valence-corrected chi connectivity index (χ1v) is 7.90. The van der Waals surface area contributed by atoms with Crippen LogP contribution in [0.2, 0.25) is 0 Å². The molecule has 2 aromatic rings. The summed E-state index contributed by atoms with van der Waals surface area (Å²) in [7, 11) is 1.76. The maximum atomic E-state index is 12.8. The summed E-state index contributed by atoms with van der Waals surface area (Å²) >= 11 is 0. The lowest BCUT2D eigenvalue weighted by Crippen LogP contribution is -2.32. The molecule has 1 N–H and O–H groups in total. The highest BCUT2D eigenvalue weighted by Crippen LogP contribution is 2.31. The number of aryl methyl sites for hydroxylation is 1. The Morgan fingerprint density at radius 1 is 1.38 bits per heavy atom. The number of rotatable bonds is 4. The lowest BCUT2D eigenvalue weighted by molar-refractivity contribution is -0.119. The van der Waals surface area contributed by atoms with Crippen molar-refractivity contribution < 1.29 is 9.59 Å². The third kappa shape index (κ3) is 3.27. The van der Waals surface area contributed by atoms with Gasteiger partial charge in [0.15, 0.2) is 0 Å². The van der Waals surface area contributed by atoms with E-state index >= 15 is 0 Å². The minimum Gasteiger partial charge on any atom is -0.351 e. The van der Waals surface area contributed by atoms with Gasteiger partial charge in [0.1, 0.15) is 5.69 Å². The van der Waals surface area contributed by atoms with Crippen molar-refractivity contribution in [1.29, 1.82) is 0 Å². The standard InChI is InChI=1S/C16H20N6O2/c1-11(23)18-9-12-8-17-10-13(20-12)14-4-3-7-22(14)16(24)15-5-6-19-21(15)2/h5-6,8,10,14H,3-4,7,9H2,1-2H3,(H,18,23)/t14-/m1/s1. The molecule has 0 bridgehead atoms. The van der Waals surface area contributed by atoms with E-state index in [2.05, 4.69) is 20.4 Å². The van der Waals surface area contributed by atoms with Gasteiger partial charge < -0.3 is 10.2 Å². The third-order valence-corrected chi connectivity index (χ3v) is 4.12. The fourth-order valence-corrected chi connectivity index (χ4v) is 2.93. The Kier molecular flexibility index (Phi) is 4.54. The Balaban J connectivity index is 1.80. The number of amides is 2. The molecule has 8 nitrogen and oxygen atoms in total. The third-order valence-electron chi connectivity index (χ3n) is 4.12. The van der Waals surface area contributed by atoms with Crippen molar-refractivity contribution in [3.63, 3.8) is 0 Å². The van der Waals surface area contributed by atoms with Gasteiger partial charge in [0.05, 0.1) is 36.4 Å². The molecule has 1 aliphatic rings. The van der Waals surface area contributed by atoms with E-state index in [0.717, 1.165) is 18.5 Å². The monoisotopic (exact) mass is 328 g/mol. The van der Waals surface area contributed by atoms with Crippen LogP contribution in [0.5, 0.6) is 0 Å². The smallest absolute Gasteiger partial charge is 0.272 e. The molecule has 126 valence electrons. The van der Waals surface area contributed by atoms with Crippen molar-refractivity contribution in [3.05, 3.63) is 41.7 Å². The summed E-state index contributed by atoms with van der Waals surface area (Å²) in [6, 6.07) is 1.62. The topological polar surface area (TPSA) is 93.0 Å². The molecule has 0 unspecified atom stereocenters. The summed E-state index contributed by atoms with van der Waals surface area (Å²) in [5, 5.41) is 6.77. The molecule has 2 amide bonds. The number of hydrogen-bond donors (Lipinski definition) is 1. The van der Waals surface area contributed by atoms with Gasteiger partial charge in [0, 0.05) is 26.7 Å². The minimum atomic E-state index is -0.115. The van der Waals surface area contributed by atoms with Crippen molar-refractivity contribution in [2.75, 3.05) is 6.54 Å². The Morgan fingerprint density at radius 3 is 2.92 bits per heavy atom. The molecule has 1 fully saturated rings. The van der Waals surface area contributed by atoms with Gasteiger partial charge in [0.2, 0.25) is 5.91 Å². The van der Waals surface area contributed by atoms with Gasteiger partial charge in [-0.2, -0.15) is 5.10 Å². The first kappa shape index (κ1) is 16.1. The molecule has 1 aliphatic heterocycles. The van der Waals surface area contributed by atoms with E-state index in [4.69, 9.17) is 0 Å². The summed E-state index contributed by atoms with van der Waals surface area (Å²) in [6.07, 6.45) is 6.71. The summed E-state index contributed by atoms with van der Waals surface area (Å²) in [5.41, 5.74) is 2.00. The fourth-order valence-electron chi connectivity index (χ4n) is 2.93. The molecule has 0 aromatic carbocycles. The zero-order valence-corrected chi connectivity index (χ0v) is 13.8. The van der Waals surface area contributed by atoms with Crippen LogP contribution in [0, 0.1) is 0 Å². The van der Waals surface area contributed by atoms with Crippen molar-refractivity contribution in [2.45, 2.75) is 32.4 Å². The molecule has 2 aromatic heterocycles. The van der Waals surface area contributed by atoms with Gasteiger partial charge >= 0.3 is 0 Å². The number of carbonyl (C=O) groups is 2. The van der Waals surface area contributed by atoms with Crippen LogP contribution in [0.1, 0.15) is 47.7 Å². The number of hydrogen-bond acceptors (Lipinski definition) is 5. The highest BCUT2D eigenvalue weighted by molar-refractivity contribution is 5.93. The van der Waals surface area contributed by atoms with Crippen LogP contribution in [-0.4, -0.2) is 43.0 Å². The van der Waals surface area contributed by atoms with Crippen LogP contribution in [-0.2, 0) is 18.4 Å². The van der Waals surface area contributed by atoms with E-state index in [9.17, 15) is 9.59 Å². The molecule has 1 saturated heterocycles. The number of likely N-dealkylation sites (tertiary alicyclic amines) is 1. The van der Waals surface area contributed by atoms with Crippen LogP contribution in [0.3, 0.4) is 0 Å². The number of aromatic nitrogens is 4. The van der Waals surface area contributed by atoms with Crippen molar-refractivity contribution >= 4 is 11.8 Å². The number of nitrogens with zero attached hydrogens (tertiary/aromatic N) is 5. The summed E-state index contributed by atoms with van der Waals surface area (Å²) in [4.78, 5) is 34.4. The fraction of sp³-hybridized carbons (Fsp3) is 0.438. The second-order valence-corrected chi connectivity index (χ2v) is 5.84. The first-order chi connectivity index (χ1) is 11.6. The molecular formula is C16H20N6O2. The number of nitrogens with one attached hydrogen (secondary N) is 1. The van der Waals surface area contributed by atoms with Crippen molar-refractivity contribution in [3.8, 4) is 0 Å². The quantitative estimate of drug-likeness (QED) is 0.897. The minimum absolute atomic E-state index is 0.0495. The van der Waals surface area contributed by atoms with Crippen LogP contribution >= 0.6 is 0 Å². The van der Waals surface area contributed by atoms with Gasteiger partial charge in [-0.15, -0.1) is 0 Å². The maximum Gasteiger partial charge on any atom is 0.272 e. The van der Waals surface area contributed by atoms with Crippen LogP contribution < -0.4 is 5.32 Å². The van der Waals surface area contributed by atoms with Gasteiger partial charge in [0.25, 0.3) is 5.91 Å². The largest absolute Gasteiger partial charge is 0.351 e. The predicted octanol–water partition coefficient (Wildman–Crippen LogP) is 0.823. The molecule has 0 saturated carbocycles. The van der Waals surface area contributed by atoms with Gasteiger partial charge in [-0.1, -0.05) is 0 Å². The highest BCUT2D eigenvalue weighted by atomic mass is 16.2.